The van der Waals surface area contributed by atoms with Gasteiger partial charge in [-0.15, -0.1) is 11.3 Å². The standard InChI is InChI=1S/C19H26N2O3S/c1-4-15-6-8-16(9-7-15)19-21-14(2)17(25-19)18(22)20-10-5-11-24-13-12-23-3/h6-9H,4-5,10-13H2,1-3H3,(H,20,22). The van der Waals surface area contributed by atoms with Crippen LogP contribution in [0.15, 0.2) is 24.3 Å². The maximum absolute atomic E-state index is 12.3. The molecule has 0 atom stereocenters. The molecule has 1 amide bonds. The van der Waals surface area contributed by atoms with Gasteiger partial charge in [0.2, 0.25) is 0 Å². The Hall–Kier alpha value is -1.76. The van der Waals surface area contributed by atoms with Gasteiger partial charge in [0.25, 0.3) is 5.91 Å². The van der Waals surface area contributed by atoms with E-state index in [-0.39, 0.29) is 5.91 Å². The number of benzene rings is 1. The fourth-order valence-electron chi connectivity index (χ4n) is 2.31. The van der Waals surface area contributed by atoms with Crippen molar-refractivity contribution in [2.45, 2.75) is 26.7 Å². The molecular formula is C19H26N2O3S. The SMILES string of the molecule is CCc1ccc(-c2nc(C)c(C(=O)NCCCOCCOC)s2)cc1. The van der Waals surface area contributed by atoms with Crippen LogP contribution < -0.4 is 5.32 Å². The summed E-state index contributed by atoms with van der Waals surface area (Å²) in [6.45, 7) is 6.38. The van der Waals surface area contributed by atoms with Crippen molar-refractivity contribution in [2.24, 2.45) is 0 Å². The topological polar surface area (TPSA) is 60.5 Å². The van der Waals surface area contributed by atoms with Crippen molar-refractivity contribution in [1.29, 1.82) is 0 Å². The van der Waals surface area contributed by atoms with Crippen molar-refractivity contribution >= 4 is 17.2 Å². The highest BCUT2D eigenvalue weighted by Crippen LogP contribution is 2.28. The third-order valence-electron chi connectivity index (χ3n) is 3.79. The highest BCUT2D eigenvalue weighted by molar-refractivity contribution is 7.17. The lowest BCUT2D eigenvalue weighted by Crippen LogP contribution is -2.25. The molecule has 0 aliphatic rings. The largest absolute Gasteiger partial charge is 0.382 e. The first-order valence-electron chi connectivity index (χ1n) is 8.57. The Kier molecular flexibility index (Phi) is 8.04. The van der Waals surface area contributed by atoms with Gasteiger partial charge in [-0.05, 0) is 25.3 Å². The van der Waals surface area contributed by atoms with Crippen LogP contribution >= 0.6 is 11.3 Å². The van der Waals surface area contributed by atoms with E-state index in [0.29, 0.717) is 31.2 Å². The fraction of sp³-hybridized carbons (Fsp3) is 0.474. The summed E-state index contributed by atoms with van der Waals surface area (Å²) in [5.41, 5.74) is 3.12. The van der Waals surface area contributed by atoms with Crippen LogP contribution in [0.25, 0.3) is 10.6 Å². The van der Waals surface area contributed by atoms with Gasteiger partial charge in [-0.2, -0.15) is 0 Å². The number of rotatable bonds is 10. The molecule has 0 fully saturated rings. The predicted molar refractivity (Wildman–Crippen MR) is 101 cm³/mol. The summed E-state index contributed by atoms with van der Waals surface area (Å²) in [4.78, 5) is 17.6. The lowest BCUT2D eigenvalue weighted by Gasteiger charge is -2.05. The lowest BCUT2D eigenvalue weighted by molar-refractivity contribution is 0.0688. The zero-order valence-electron chi connectivity index (χ0n) is 15.1. The second-order valence-corrected chi connectivity index (χ2v) is 6.70. The monoisotopic (exact) mass is 362 g/mol. The Morgan fingerprint density at radius 3 is 2.64 bits per heavy atom. The molecular weight excluding hydrogens is 336 g/mol. The number of carbonyl (C=O) groups is 1. The molecule has 0 saturated carbocycles. The molecule has 2 rings (SSSR count). The second-order valence-electron chi connectivity index (χ2n) is 5.70. The summed E-state index contributed by atoms with van der Waals surface area (Å²) in [5, 5.41) is 3.82. The molecule has 1 heterocycles. The van der Waals surface area contributed by atoms with Crippen molar-refractivity contribution in [1.82, 2.24) is 10.3 Å². The molecule has 0 aliphatic carbocycles. The van der Waals surface area contributed by atoms with Crippen molar-refractivity contribution in [3.05, 3.63) is 40.4 Å². The van der Waals surface area contributed by atoms with Crippen LogP contribution in [-0.4, -0.2) is 44.4 Å². The maximum Gasteiger partial charge on any atom is 0.263 e. The first kappa shape index (κ1) is 19.6. The number of hydrogen-bond acceptors (Lipinski definition) is 5. The molecule has 0 bridgehead atoms. The van der Waals surface area contributed by atoms with Crippen LogP contribution in [0.1, 0.15) is 34.3 Å². The highest BCUT2D eigenvalue weighted by atomic mass is 32.1. The molecule has 0 saturated heterocycles. The average Bonchev–Trinajstić information content (AvgIpc) is 3.02. The number of nitrogens with one attached hydrogen (secondary N) is 1. The first-order chi connectivity index (χ1) is 12.2. The van der Waals surface area contributed by atoms with Gasteiger partial charge in [-0.25, -0.2) is 4.98 Å². The van der Waals surface area contributed by atoms with Gasteiger partial charge in [0.15, 0.2) is 0 Å². The molecule has 25 heavy (non-hydrogen) atoms. The number of thiazole rings is 1. The van der Waals surface area contributed by atoms with E-state index in [9.17, 15) is 4.79 Å². The number of aryl methyl sites for hydroxylation is 2. The zero-order chi connectivity index (χ0) is 18.1. The van der Waals surface area contributed by atoms with Gasteiger partial charge < -0.3 is 14.8 Å². The van der Waals surface area contributed by atoms with Gasteiger partial charge in [0.05, 0.1) is 18.9 Å². The van der Waals surface area contributed by atoms with E-state index in [1.165, 1.54) is 16.9 Å². The highest BCUT2D eigenvalue weighted by Gasteiger charge is 2.15. The van der Waals surface area contributed by atoms with Gasteiger partial charge in [0.1, 0.15) is 9.88 Å². The number of aromatic nitrogens is 1. The maximum atomic E-state index is 12.3. The van der Waals surface area contributed by atoms with E-state index in [1.54, 1.807) is 7.11 Å². The number of nitrogens with zero attached hydrogens (tertiary/aromatic N) is 1. The van der Waals surface area contributed by atoms with E-state index in [2.05, 4.69) is 41.5 Å². The minimum Gasteiger partial charge on any atom is -0.382 e. The summed E-state index contributed by atoms with van der Waals surface area (Å²) < 4.78 is 10.3. The van der Waals surface area contributed by atoms with Crippen LogP contribution in [0.4, 0.5) is 0 Å². The van der Waals surface area contributed by atoms with Crippen molar-refractivity contribution < 1.29 is 14.3 Å². The Balaban J connectivity index is 1.87. The van der Waals surface area contributed by atoms with Gasteiger partial charge in [-0.1, -0.05) is 31.2 Å². The Morgan fingerprint density at radius 2 is 1.96 bits per heavy atom. The average molecular weight is 362 g/mol. The summed E-state index contributed by atoms with van der Waals surface area (Å²) in [7, 11) is 1.65. The van der Waals surface area contributed by atoms with Crippen molar-refractivity contribution in [2.75, 3.05) is 33.5 Å². The van der Waals surface area contributed by atoms with E-state index in [4.69, 9.17) is 9.47 Å². The second kappa shape index (κ2) is 10.3. The van der Waals surface area contributed by atoms with E-state index >= 15 is 0 Å². The summed E-state index contributed by atoms with van der Waals surface area (Å²) in [5.74, 6) is -0.0664. The quantitative estimate of drug-likeness (QED) is 0.658. The molecule has 6 heteroatoms. The van der Waals surface area contributed by atoms with Gasteiger partial charge in [-0.3, -0.25) is 4.79 Å². The van der Waals surface area contributed by atoms with E-state index in [0.717, 1.165) is 29.1 Å². The molecule has 2 aromatic rings. The number of carbonyl (C=O) groups excluding carboxylic acids is 1. The van der Waals surface area contributed by atoms with Crippen LogP contribution in [0.3, 0.4) is 0 Å². The molecule has 5 nitrogen and oxygen atoms in total. The molecule has 1 N–H and O–H groups in total. The fourth-order valence-corrected chi connectivity index (χ4v) is 3.30. The lowest BCUT2D eigenvalue weighted by atomic mass is 10.1. The molecule has 0 spiro atoms. The van der Waals surface area contributed by atoms with E-state index in [1.807, 2.05) is 6.92 Å². The Labute approximate surface area is 153 Å². The zero-order valence-corrected chi connectivity index (χ0v) is 15.9. The molecule has 1 aromatic heterocycles. The molecule has 0 aliphatic heterocycles. The van der Waals surface area contributed by atoms with Crippen LogP contribution in [0.5, 0.6) is 0 Å². The summed E-state index contributed by atoms with van der Waals surface area (Å²) in [6, 6.07) is 8.34. The van der Waals surface area contributed by atoms with Gasteiger partial charge in [0, 0.05) is 25.8 Å². The Morgan fingerprint density at radius 1 is 1.20 bits per heavy atom. The van der Waals surface area contributed by atoms with Crippen LogP contribution in [0.2, 0.25) is 0 Å². The molecule has 0 radical (unpaired) electrons. The number of methoxy groups -OCH3 is 1. The predicted octanol–water partition coefficient (Wildman–Crippen LogP) is 3.46. The normalized spacial score (nSPS) is 10.8. The summed E-state index contributed by atoms with van der Waals surface area (Å²) >= 11 is 1.44. The minimum absolute atomic E-state index is 0.0664. The third-order valence-corrected chi connectivity index (χ3v) is 5.00. The number of hydrogen-bond donors (Lipinski definition) is 1. The van der Waals surface area contributed by atoms with Crippen molar-refractivity contribution in [3.63, 3.8) is 0 Å². The summed E-state index contributed by atoms with van der Waals surface area (Å²) in [6.07, 6.45) is 1.79. The first-order valence-corrected chi connectivity index (χ1v) is 9.39. The smallest absolute Gasteiger partial charge is 0.263 e. The van der Waals surface area contributed by atoms with Crippen LogP contribution in [0, 0.1) is 6.92 Å². The van der Waals surface area contributed by atoms with Gasteiger partial charge >= 0.3 is 0 Å². The molecule has 136 valence electrons. The molecule has 0 unspecified atom stereocenters. The van der Waals surface area contributed by atoms with Crippen LogP contribution in [-0.2, 0) is 15.9 Å². The minimum atomic E-state index is -0.0664. The number of amides is 1. The molecule has 1 aromatic carbocycles. The Bertz CT molecular complexity index is 668. The van der Waals surface area contributed by atoms with Crippen molar-refractivity contribution in [3.8, 4) is 10.6 Å². The third kappa shape index (κ3) is 5.92. The van der Waals surface area contributed by atoms with E-state index < -0.39 is 0 Å². The number of ether oxygens (including phenoxy) is 2.